The van der Waals surface area contributed by atoms with Crippen molar-refractivity contribution in [1.29, 1.82) is 0 Å². The van der Waals surface area contributed by atoms with Gasteiger partial charge in [0, 0.05) is 23.5 Å². The van der Waals surface area contributed by atoms with Gasteiger partial charge in [-0.3, -0.25) is 4.79 Å². The second-order valence-corrected chi connectivity index (χ2v) is 11.3. The van der Waals surface area contributed by atoms with Crippen molar-refractivity contribution in [1.82, 2.24) is 14.5 Å². The van der Waals surface area contributed by atoms with Gasteiger partial charge in [0.15, 0.2) is 5.65 Å². The summed E-state index contributed by atoms with van der Waals surface area (Å²) in [5.74, 6) is 0.172. The Morgan fingerprint density at radius 3 is 2.47 bits per heavy atom. The number of hydrogen-bond donors (Lipinski definition) is 2. The van der Waals surface area contributed by atoms with E-state index in [2.05, 4.69) is 31.1 Å². The van der Waals surface area contributed by atoms with Crippen molar-refractivity contribution >= 4 is 32.8 Å². The summed E-state index contributed by atoms with van der Waals surface area (Å²) in [6.45, 7) is 8.83. The number of aromatic nitrogens is 3. The van der Waals surface area contributed by atoms with Gasteiger partial charge < -0.3 is 9.88 Å². The number of rotatable bonds is 10. The zero-order valence-electron chi connectivity index (χ0n) is 22.4. The second kappa shape index (κ2) is 11.4. The molecule has 1 unspecified atom stereocenters. The summed E-state index contributed by atoms with van der Waals surface area (Å²) >= 11 is 0. The van der Waals surface area contributed by atoms with Gasteiger partial charge in [-0.15, -0.1) is 0 Å². The normalized spacial score (nSPS) is 12.6. The molecule has 0 saturated carbocycles. The number of aryl methyl sites for hydroxylation is 1. The Bertz CT molecular complexity index is 1560. The minimum Gasteiger partial charge on any atom is -0.324 e. The van der Waals surface area contributed by atoms with Crippen LogP contribution in [0.15, 0.2) is 59.8 Å². The van der Waals surface area contributed by atoms with E-state index < -0.39 is 10.0 Å². The van der Waals surface area contributed by atoms with Crippen LogP contribution in [0.2, 0.25) is 0 Å². The first-order chi connectivity index (χ1) is 18.1. The Morgan fingerprint density at radius 2 is 1.82 bits per heavy atom. The Morgan fingerprint density at radius 1 is 1.11 bits per heavy atom. The van der Waals surface area contributed by atoms with Crippen molar-refractivity contribution in [2.45, 2.75) is 70.7 Å². The molecule has 0 aliphatic carbocycles. The lowest BCUT2D eigenvalue weighted by molar-refractivity contribution is -0.116. The molecule has 0 spiro atoms. The average molecular weight is 534 g/mol. The van der Waals surface area contributed by atoms with Crippen LogP contribution >= 0.6 is 0 Å². The molecular weight excluding hydrogens is 498 g/mol. The van der Waals surface area contributed by atoms with Gasteiger partial charge in [0.05, 0.1) is 29.1 Å². The third-order valence-corrected chi connectivity index (χ3v) is 7.90. The number of hydrogen-bond acceptors (Lipinski definition) is 5. The Hall–Kier alpha value is -3.56. The van der Waals surface area contributed by atoms with E-state index in [4.69, 9.17) is 10.1 Å². The minimum atomic E-state index is -3.84. The molecule has 0 aliphatic heterocycles. The molecule has 3 N–H and O–H groups in total. The van der Waals surface area contributed by atoms with Crippen LogP contribution in [0.25, 0.3) is 22.3 Å². The van der Waals surface area contributed by atoms with E-state index in [1.54, 1.807) is 24.5 Å². The number of benzene rings is 2. The SMILES string of the molecule is CCCCC(=O)Nc1c(C(C)CC)nc2c(ncn2Cc2ccc(-c3ccccc3S(N)(=O)=O)cc2)c1C. The van der Waals surface area contributed by atoms with Crippen LogP contribution in [-0.2, 0) is 21.4 Å². The van der Waals surface area contributed by atoms with Gasteiger partial charge in [-0.1, -0.05) is 69.7 Å². The summed E-state index contributed by atoms with van der Waals surface area (Å²) in [5, 5.41) is 8.53. The zero-order valence-corrected chi connectivity index (χ0v) is 23.2. The summed E-state index contributed by atoms with van der Waals surface area (Å²) in [4.78, 5) is 22.3. The largest absolute Gasteiger partial charge is 0.324 e. The molecule has 8 nitrogen and oxygen atoms in total. The molecule has 4 aromatic rings. The molecule has 0 bridgehead atoms. The first-order valence-corrected chi connectivity index (χ1v) is 14.5. The van der Waals surface area contributed by atoms with Gasteiger partial charge in [-0.25, -0.2) is 23.5 Å². The Balaban J connectivity index is 1.67. The molecule has 0 radical (unpaired) electrons. The number of sulfonamides is 1. The molecule has 200 valence electrons. The fourth-order valence-corrected chi connectivity index (χ4v) is 5.30. The van der Waals surface area contributed by atoms with Gasteiger partial charge in [-0.2, -0.15) is 0 Å². The number of anilines is 1. The third-order valence-electron chi connectivity index (χ3n) is 6.94. The molecule has 2 aromatic carbocycles. The fraction of sp³-hybridized carbons (Fsp3) is 0.345. The number of imidazole rings is 1. The smallest absolute Gasteiger partial charge is 0.238 e. The highest BCUT2D eigenvalue weighted by atomic mass is 32.2. The maximum atomic E-state index is 12.6. The van der Waals surface area contributed by atoms with Crippen LogP contribution in [0.4, 0.5) is 5.69 Å². The zero-order chi connectivity index (χ0) is 27.4. The summed E-state index contributed by atoms with van der Waals surface area (Å²) in [6.07, 6.45) is 4.97. The van der Waals surface area contributed by atoms with Crippen LogP contribution in [-0.4, -0.2) is 28.9 Å². The van der Waals surface area contributed by atoms with Gasteiger partial charge in [0.2, 0.25) is 15.9 Å². The maximum Gasteiger partial charge on any atom is 0.238 e. The molecule has 0 fully saturated rings. The Labute approximate surface area is 224 Å². The van der Waals surface area contributed by atoms with E-state index in [1.807, 2.05) is 35.8 Å². The predicted octanol–water partition coefficient (Wildman–Crippen LogP) is 5.74. The van der Waals surface area contributed by atoms with Crippen LogP contribution in [0, 0.1) is 6.92 Å². The number of nitrogens with one attached hydrogen (secondary N) is 1. The molecule has 4 rings (SSSR count). The van der Waals surface area contributed by atoms with Crippen LogP contribution in [0.3, 0.4) is 0 Å². The summed E-state index contributed by atoms with van der Waals surface area (Å²) < 4.78 is 26.0. The number of nitrogens with two attached hydrogens (primary N) is 1. The van der Waals surface area contributed by atoms with E-state index in [0.29, 0.717) is 18.5 Å². The number of amides is 1. The van der Waals surface area contributed by atoms with E-state index in [0.717, 1.165) is 58.5 Å². The number of primary sulfonamides is 1. The molecule has 1 atom stereocenters. The van der Waals surface area contributed by atoms with Crippen LogP contribution < -0.4 is 10.5 Å². The van der Waals surface area contributed by atoms with Gasteiger partial charge in [0.25, 0.3) is 0 Å². The van der Waals surface area contributed by atoms with Crippen LogP contribution in [0.1, 0.15) is 69.2 Å². The number of carbonyl (C=O) groups excluding carboxylic acids is 1. The van der Waals surface area contributed by atoms with Gasteiger partial charge in [-0.05, 0) is 37.0 Å². The van der Waals surface area contributed by atoms with Crippen molar-refractivity contribution in [3.05, 3.63) is 71.7 Å². The lowest BCUT2D eigenvalue weighted by Gasteiger charge is -2.18. The minimum absolute atomic E-state index is 0.00387. The summed E-state index contributed by atoms with van der Waals surface area (Å²) in [6, 6.07) is 14.4. The first kappa shape index (κ1) is 27.5. The topological polar surface area (TPSA) is 120 Å². The maximum absolute atomic E-state index is 12.6. The predicted molar refractivity (Wildman–Crippen MR) is 151 cm³/mol. The second-order valence-electron chi connectivity index (χ2n) is 9.74. The number of carbonyl (C=O) groups is 1. The van der Waals surface area contributed by atoms with Crippen LogP contribution in [0.5, 0.6) is 0 Å². The van der Waals surface area contributed by atoms with Crippen molar-refractivity contribution in [3.63, 3.8) is 0 Å². The molecule has 9 heteroatoms. The van der Waals surface area contributed by atoms with Crippen molar-refractivity contribution in [3.8, 4) is 11.1 Å². The van der Waals surface area contributed by atoms with E-state index in [1.165, 1.54) is 6.07 Å². The van der Waals surface area contributed by atoms with Gasteiger partial charge in [0.1, 0.15) is 5.52 Å². The van der Waals surface area contributed by atoms with E-state index >= 15 is 0 Å². The molecule has 0 aliphatic rings. The quantitative estimate of drug-likeness (QED) is 0.269. The summed E-state index contributed by atoms with van der Waals surface area (Å²) in [5.41, 5.74) is 6.46. The first-order valence-electron chi connectivity index (χ1n) is 13.0. The molecule has 2 heterocycles. The molecule has 38 heavy (non-hydrogen) atoms. The highest BCUT2D eigenvalue weighted by molar-refractivity contribution is 7.89. The standard InChI is InChI=1S/C29H35N5O3S/c1-5-7-12-25(35)32-27-20(4)28-29(33-26(27)19(3)6-2)34(18-31-28)17-21-13-15-22(16-14-21)23-10-8-9-11-24(23)38(30,36)37/h8-11,13-16,18-19H,5-7,12,17H2,1-4H3,(H,32,35)(H2,30,36,37). The molecular formula is C29H35N5O3S. The summed E-state index contributed by atoms with van der Waals surface area (Å²) in [7, 11) is -3.84. The number of nitrogens with zero attached hydrogens (tertiary/aromatic N) is 3. The lowest BCUT2D eigenvalue weighted by atomic mass is 9.99. The van der Waals surface area contributed by atoms with Gasteiger partial charge >= 0.3 is 0 Å². The Kier molecular flexibility index (Phi) is 8.28. The van der Waals surface area contributed by atoms with Crippen molar-refractivity contribution < 1.29 is 13.2 Å². The number of pyridine rings is 1. The highest BCUT2D eigenvalue weighted by Crippen LogP contribution is 2.33. The monoisotopic (exact) mass is 533 g/mol. The molecule has 2 aromatic heterocycles. The number of fused-ring (bicyclic) bond motifs is 1. The average Bonchev–Trinajstić information content (AvgIpc) is 3.31. The van der Waals surface area contributed by atoms with E-state index in [9.17, 15) is 13.2 Å². The number of unbranched alkanes of at least 4 members (excludes halogenated alkanes) is 1. The lowest BCUT2D eigenvalue weighted by Crippen LogP contribution is -2.16. The third kappa shape index (κ3) is 5.79. The van der Waals surface area contributed by atoms with Crippen molar-refractivity contribution in [2.24, 2.45) is 5.14 Å². The van der Waals surface area contributed by atoms with E-state index in [-0.39, 0.29) is 16.7 Å². The molecule has 1 amide bonds. The fourth-order valence-electron chi connectivity index (χ4n) is 4.54. The van der Waals surface area contributed by atoms with Crippen molar-refractivity contribution in [2.75, 3.05) is 5.32 Å². The highest BCUT2D eigenvalue weighted by Gasteiger charge is 2.21. The molecule has 0 saturated heterocycles.